The van der Waals surface area contributed by atoms with E-state index in [0.29, 0.717) is 18.1 Å². The van der Waals surface area contributed by atoms with E-state index >= 15 is 0 Å². The van der Waals surface area contributed by atoms with Gasteiger partial charge in [0.2, 0.25) is 0 Å². The van der Waals surface area contributed by atoms with Gasteiger partial charge in [-0.1, -0.05) is 65.2 Å². The maximum atomic E-state index is 11.2. The summed E-state index contributed by atoms with van der Waals surface area (Å²) in [6.45, 7) is 10.7. The van der Waals surface area contributed by atoms with Crippen LogP contribution in [0.15, 0.2) is 0 Å². The molecule has 2 saturated heterocycles. The third kappa shape index (κ3) is 13.4. The van der Waals surface area contributed by atoms with E-state index in [1.165, 1.54) is 70.8 Å². The van der Waals surface area contributed by atoms with Crippen molar-refractivity contribution in [2.75, 3.05) is 39.3 Å². The molecule has 2 aliphatic heterocycles. The summed E-state index contributed by atoms with van der Waals surface area (Å²) in [7, 11) is 0. The van der Waals surface area contributed by atoms with Crippen molar-refractivity contribution < 1.29 is 9.59 Å². The minimum absolute atomic E-state index is 0.435. The second-order valence-corrected chi connectivity index (χ2v) is 8.63. The highest BCUT2D eigenvalue weighted by Gasteiger charge is 2.16. The van der Waals surface area contributed by atoms with E-state index < -0.39 is 0 Å². The molecule has 0 aromatic heterocycles. The lowest BCUT2D eigenvalue weighted by molar-refractivity contribution is -0.122. The molecule has 0 saturated carbocycles. The first-order valence-electron chi connectivity index (χ1n) is 12.1. The second kappa shape index (κ2) is 17.1. The molecule has 0 aromatic carbocycles. The molecule has 2 heterocycles. The average molecular weight is 395 g/mol. The summed E-state index contributed by atoms with van der Waals surface area (Å²) < 4.78 is 0. The van der Waals surface area contributed by atoms with Crippen LogP contribution in [0.25, 0.3) is 0 Å². The zero-order chi connectivity index (χ0) is 20.5. The number of carbonyl (C=O) groups excluding carboxylic acids is 2. The number of carbonyl (C=O) groups is 2. The highest BCUT2D eigenvalue weighted by atomic mass is 16.1. The largest absolute Gasteiger partial charge is 0.302 e. The summed E-state index contributed by atoms with van der Waals surface area (Å²) >= 11 is 0. The number of likely N-dealkylation sites (tertiary alicyclic amines) is 2. The molecule has 2 fully saturated rings. The van der Waals surface area contributed by atoms with Crippen LogP contribution in [0.4, 0.5) is 0 Å². The van der Waals surface area contributed by atoms with Crippen molar-refractivity contribution in [2.45, 2.75) is 104 Å². The van der Waals surface area contributed by atoms with Crippen LogP contribution in [0.3, 0.4) is 0 Å². The highest BCUT2D eigenvalue weighted by Crippen LogP contribution is 2.10. The zero-order valence-electron chi connectivity index (χ0n) is 18.9. The summed E-state index contributed by atoms with van der Waals surface area (Å²) in [5.41, 5.74) is 0. The predicted molar refractivity (Wildman–Crippen MR) is 119 cm³/mol. The first-order chi connectivity index (χ1) is 13.7. The Kier molecular flexibility index (Phi) is 15.5. The number of ketones is 2. The number of piperidine rings is 2. The lowest BCUT2D eigenvalue weighted by atomic mass is 10.1. The molecule has 28 heavy (non-hydrogen) atoms. The zero-order valence-corrected chi connectivity index (χ0v) is 18.9. The van der Waals surface area contributed by atoms with Crippen LogP contribution in [0.5, 0.6) is 0 Å². The molecule has 2 aliphatic rings. The van der Waals surface area contributed by atoms with Crippen LogP contribution in [0.2, 0.25) is 0 Å². The molecular formula is C24H46N2O2. The average Bonchev–Trinajstić information content (AvgIpc) is 2.70. The van der Waals surface area contributed by atoms with Crippen LogP contribution in [-0.2, 0) is 9.59 Å². The quantitative estimate of drug-likeness (QED) is 0.424. The molecule has 0 radical (unpaired) electrons. The van der Waals surface area contributed by atoms with Crippen molar-refractivity contribution in [3.05, 3.63) is 0 Å². The van der Waals surface area contributed by atoms with Gasteiger partial charge in [-0.15, -0.1) is 0 Å². The number of rotatable bonds is 12. The van der Waals surface area contributed by atoms with Gasteiger partial charge in [0.15, 0.2) is 0 Å². The molecule has 0 bridgehead atoms. The van der Waals surface area contributed by atoms with E-state index in [-0.39, 0.29) is 0 Å². The summed E-state index contributed by atoms with van der Waals surface area (Å²) in [5.74, 6) is 0.886. The fourth-order valence-corrected chi connectivity index (χ4v) is 4.00. The molecular weight excluding hydrogens is 348 g/mol. The van der Waals surface area contributed by atoms with E-state index in [2.05, 4.69) is 23.6 Å². The first-order valence-corrected chi connectivity index (χ1v) is 12.1. The fourth-order valence-electron chi connectivity index (χ4n) is 4.00. The third-order valence-corrected chi connectivity index (χ3v) is 5.90. The van der Waals surface area contributed by atoms with Crippen molar-refractivity contribution in [3.8, 4) is 0 Å². The van der Waals surface area contributed by atoms with Gasteiger partial charge in [0.1, 0.15) is 11.6 Å². The molecule has 164 valence electrons. The number of Topliss-reactive ketones (excluding diaryl/α,β-unsaturated/α-hetero) is 2. The Balaban J connectivity index is 0.000000280. The van der Waals surface area contributed by atoms with Gasteiger partial charge in [-0.2, -0.15) is 0 Å². The standard InChI is InChI=1S/2C12H23NO/c1-2-3-4-5-6-9-13-10-7-12(14)8-11-13;1-2-3-4-5-6-9-13-10-7-8-12(14)11-13/h2*2-11H2,1H3. The first kappa shape index (κ1) is 25.3. The van der Waals surface area contributed by atoms with Crippen molar-refractivity contribution in [1.82, 2.24) is 9.80 Å². The van der Waals surface area contributed by atoms with Gasteiger partial charge >= 0.3 is 0 Å². The lowest BCUT2D eigenvalue weighted by Crippen LogP contribution is -2.36. The smallest absolute Gasteiger partial charge is 0.146 e. The molecule has 0 aliphatic carbocycles. The molecule has 0 N–H and O–H groups in total. The Morgan fingerprint density at radius 2 is 1.14 bits per heavy atom. The molecule has 4 nitrogen and oxygen atoms in total. The Morgan fingerprint density at radius 3 is 1.68 bits per heavy atom. The Morgan fingerprint density at radius 1 is 0.607 bits per heavy atom. The minimum Gasteiger partial charge on any atom is -0.302 e. The summed E-state index contributed by atoms with van der Waals surface area (Å²) in [6.07, 6.45) is 16.8. The minimum atomic E-state index is 0.435. The van der Waals surface area contributed by atoms with Crippen LogP contribution >= 0.6 is 0 Å². The summed E-state index contributed by atoms with van der Waals surface area (Å²) in [5, 5.41) is 0. The molecule has 4 heteroatoms. The predicted octanol–water partition coefficient (Wildman–Crippen LogP) is 5.24. The van der Waals surface area contributed by atoms with E-state index in [1.807, 2.05) is 0 Å². The molecule has 0 aromatic rings. The Labute approximate surface area is 174 Å². The number of hydrogen-bond acceptors (Lipinski definition) is 4. The van der Waals surface area contributed by atoms with E-state index in [0.717, 1.165) is 51.9 Å². The van der Waals surface area contributed by atoms with E-state index in [9.17, 15) is 9.59 Å². The van der Waals surface area contributed by atoms with Crippen LogP contribution < -0.4 is 0 Å². The fraction of sp³-hybridized carbons (Fsp3) is 0.917. The maximum absolute atomic E-state index is 11.2. The van der Waals surface area contributed by atoms with Gasteiger partial charge in [-0.25, -0.2) is 0 Å². The number of nitrogens with zero attached hydrogens (tertiary/aromatic N) is 2. The van der Waals surface area contributed by atoms with Gasteiger partial charge in [0.25, 0.3) is 0 Å². The number of unbranched alkanes of at least 4 members (excludes halogenated alkanes) is 8. The molecule has 0 atom stereocenters. The molecule has 0 unspecified atom stereocenters. The van der Waals surface area contributed by atoms with Gasteiger partial charge in [0.05, 0.1) is 6.54 Å². The SMILES string of the molecule is CCCCCCCN1CCC(=O)CC1.CCCCCCCN1CCCC(=O)C1. The van der Waals surface area contributed by atoms with Gasteiger partial charge in [-0.3, -0.25) is 14.5 Å². The summed E-state index contributed by atoms with van der Waals surface area (Å²) in [4.78, 5) is 26.9. The van der Waals surface area contributed by atoms with Crippen molar-refractivity contribution >= 4 is 11.6 Å². The van der Waals surface area contributed by atoms with Crippen LogP contribution in [0.1, 0.15) is 104 Å². The van der Waals surface area contributed by atoms with Gasteiger partial charge in [0, 0.05) is 32.4 Å². The maximum Gasteiger partial charge on any atom is 0.146 e. The van der Waals surface area contributed by atoms with Gasteiger partial charge < -0.3 is 4.90 Å². The van der Waals surface area contributed by atoms with E-state index in [4.69, 9.17) is 0 Å². The van der Waals surface area contributed by atoms with Crippen molar-refractivity contribution in [1.29, 1.82) is 0 Å². The highest BCUT2D eigenvalue weighted by molar-refractivity contribution is 5.81. The summed E-state index contributed by atoms with van der Waals surface area (Å²) in [6, 6.07) is 0. The molecule has 0 spiro atoms. The Bertz CT molecular complexity index is 401. The normalized spacial score (nSPS) is 18.8. The number of hydrogen-bond donors (Lipinski definition) is 0. The monoisotopic (exact) mass is 394 g/mol. The van der Waals surface area contributed by atoms with Crippen LogP contribution in [-0.4, -0.2) is 60.6 Å². The lowest BCUT2D eigenvalue weighted by Gasteiger charge is -2.25. The Hall–Kier alpha value is -0.740. The second-order valence-electron chi connectivity index (χ2n) is 8.63. The third-order valence-electron chi connectivity index (χ3n) is 5.90. The van der Waals surface area contributed by atoms with Crippen molar-refractivity contribution in [3.63, 3.8) is 0 Å². The van der Waals surface area contributed by atoms with E-state index in [1.54, 1.807) is 0 Å². The van der Waals surface area contributed by atoms with Gasteiger partial charge in [-0.05, 0) is 38.9 Å². The molecule has 2 rings (SSSR count). The molecule has 0 amide bonds. The van der Waals surface area contributed by atoms with Crippen molar-refractivity contribution in [2.24, 2.45) is 0 Å². The van der Waals surface area contributed by atoms with Crippen LogP contribution in [0, 0.1) is 0 Å². The topological polar surface area (TPSA) is 40.6 Å².